The van der Waals surface area contributed by atoms with Crippen molar-refractivity contribution in [3.05, 3.63) is 33.8 Å². The van der Waals surface area contributed by atoms with Gasteiger partial charge in [0.05, 0.1) is 5.56 Å². The van der Waals surface area contributed by atoms with Crippen LogP contribution in [-0.4, -0.2) is 42.5 Å². The number of likely N-dealkylation sites (N-methyl/N-ethyl adjacent to an activating group) is 1. The number of benzene rings is 1. The lowest BCUT2D eigenvalue weighted by Crippen LogP contribution is -2.45. The van der Waals surface area contributed by atoms with E-state index in [4.69, 9.17) is 0 Å². The van der Waals surface area contributed by atoms with Crippen LogP contribution in [0.2, 0.25) is 0 Å². The number of rotatable bonds is 3. The molecule has 2 rings (SSSR count). The van der Waals surface area contributed by atoms with E-state index in [2.05, 4.69) is 32.7 Å². The molecule has 1 heterocycles. The Morgan fingerprint density at radius 2 is 1.70 bits per heavy atom. The molecule has 1 aliphatic rings. The van der Waals surface area contributed by atoms with Gasteiger partial charge < -0.3 is 4.90 Å². The normalized spacial score (nSPS) is 18.4. The highest BCUT2D eigenvalue weighted by Gasteiger charge is 2.34. The zero-order valence-electron chi connectivity index (χ0n) is 11.4. The lowest BCUT2D eigenvalue weighted by molar-refractivity contribution is -0.138. The monoisotopic (exact) mass is 350 g/mol. The van der Waals surface area contributed by atoms with Gasteiger partial charge in [-0.15, -0.1) is 0 Å². The second-order valence-electron chi connectivity index (χ2n) is 5.01. The Morgan fingerprint density at radius 1 is 1.10 bits per heavy atom. The van der Waals surface area contributed by atoms with Crippen LogP contribution in [0.15, 0.2) is 22.7 Å². The second-order valence-corrected chi connectivity index (χ2v) is 5.93. The van der Waals surface area contributed by atoms with E-state index < -0.39 is 11.7 Å². The Labute approximate surface area is 125 Å². The van der Waals surface area contributed by atoms with Crippen molar-refractivity contribution in [1.82, 2.24) is 9.80 Å². The van der Waals surface area contributed by atoms with Crippen molar-refractivity contribution >= 4 is 15.9 Å². The summed E-state index contributed by atoms with van der Waals surface area (Å²) >= 11 is 3.11. The van der Waals surface area contributed by atoms with Gasteiger partial charge in [-0.1, -0.05) is 28.9 Å². The summed E-state index contributed by atoms with van der Waals surface area (Å²) in [4.78, 5) is 4.40. The molecule has 0 aliphatic carbocycles. The molecule has 0 atom stereocenters. The van der Waals surface area contributed by atoms with E-state index in [1.807, 2.05) is 0 Å². The van der Waals surface area contributed by atoms with Crippen molar-refractivity contribution in [2.75, 3.05) is 32.7 Å². The minimum absolute atomic E-state index is 0.352. The molecule has 1 aromatic rings. The quantitative estimate of drug-likeness (QED) is 0.821. The molecular weight excluding hydrogens is 333 g/mol. The number of alkyl halides is 3. The maximum atomic E-state index is 13.1. The number of nitrogens with zero attached hydrogens (tertiary/aromatic N) is 2. The number of hydrogen-bond acceptors (Lipinski definition) is 2. The minimum atomic E-state index is -4.30. The second kappa shape index (κ2) is 6.45. The Morgan fingerprint density at radius 3 is 2.25 bits per heavy atom. The van der Waals surface area contributed by atoms with Crippen LogP contribution in [0, 0.1) is 0 Å². The van der Waals surface area contributed by atoms with Crippen LogP contribution in [0.1, 0.15) is 18.1 Å². The van der Waals surface area contributed by atoms with Gasteiger partial charge in [0.2, 0.25) is 0 Å². The van der Waals surface area contributed by atoms with E-state index >= 15 is 0 Å². The van der Waals surface area contributed by atoms with Crippen molar-refractivity contribution in [2.45, 2.75) is 19.6 Å². The molecule has 1 aromatic carbocycles. The third-order valence-electron chi connectivity index (χ3n) is 3.68. The summed E-state index contributed by atoms with van der Waals surface area (Å²) < 4.78 is 39.6. The first-order valence-corrected chi connectivity index (χ1v) is 7.49. The molecule has 1 fully saturated rings. The van der Waals surface area contributed by atoms with Gasteiger partial charge in [0.1, 0.15) is 0 Å². The topological polar surface area (TPSA) is 6.48 Å². The number of hydrogen-bond donors (Lipinski definition) is 0. The molecule has 20 heavy (non-hydrogen) atoms. The average molecular weight is 351 g/mol. The lowest BCUT2D eigenvalue weighted by Gasteiger charge is -2.34. The Balaban J connectivity index is 2.10. The summed E-state index contributed by atoms with van der Waals surface area (Å²) in [6, 6.07) is 4.41. The van der Waals surface area contributed by atoms with Crippen molar-refractivity contribution < 1.29 is 13.2 Å². The first-order chi connectivity index (χ1) is 9.40. The Bertz CT molecular complexity index is 454. The van der Waals surface area contributed by atoms with Gasteiger partial charge in [-0.25, -0.2) is 0 Å². The van der Waals surface area contributed by atoms with Gasteiger partial charge >= 0.3 is 6.18 Å². The summed E-state index contributed by atoms with van der Waals surface area (Å²) in [5, 5.41) is 0. The molecule has 0 N–H and O–H groups in total. The predicted octanol–water partition coefficient (Wildman–Crippen LogP) is 3.61. The molecule has 2 nitrogen and oxygen atoms in total. The van der Waals surface area contributed by atoms with E-state index in [-0.39, 0.29) is 0 Å². The fraction of sp³-hybridized carbons (Fsp3) is 0.571. The summed E-state index contributed by atoms with van der Waals surface area (Å²) in [6.45, 7) is 6.96. The van der Waals surface area contributed by atoms with E-state index in [1.54, 1.807) is 12.1 Å². The Kier molecular flexibility index (Phi) is 5.09. The third-order valence-corrected chi connectivity index (χ3v) is 4.18. The van der Waals surface area contributed by atoms with Crippen LogP contribution in [0.5, 0.6) is 0 Å². The van der Waals surface area contributed by atoms with Crippen LogP contribution in [0.3, 0.4) is 0 Å². The third kappa shape index (κ3) is 3.96. The fourth-order valence-corrected chi connectivity index (χ4v) is 2.82. The van der Waals surface area contributed by atoms with Gasteiger partial charge in [-0.2, -0.15) is 13.2 Å². The molecule has 112 valence electrons. The largest absolute Gasteiger partial charge is 0.416 e. The molecule has 1 aliphatic heterocycles. The molecule has 6 heteroatoms. The zero-order valence-corrected chi connectivity index (χ0v) is 13.0. The molecule has 0 unspecified atom stereocenters. The van der Waals surface area contributed by atoms with E-state index in [0.717, 1.165) is 38.8 Å². The number of piperazine rings is 1. The molecule has 1 saturated heterocycles. The SMILES string of the molecule is CCN1CCN(Cc2ccc(Br)cc2C(F)(F)F)CC1. The summed E-state index contributed by atoms with van der Waals surface area (Å²) in [5.41, 5.74) is -0.185. The molecule has 0 bridgehead atoms. The smallest absolute Gasteiger partial charge is 0.301 e. The van der Waals surface area contributed by atoms with Crippen LogP contribution in [-0.2, 0) is 12.7 Å². The van der Waals surface area contributed by atoms with E-state index in [1.165, 1.54) is 0 Å². The van der Waals surface area contributed by atoms with Crippen LogP contribution in [0.4, 0.5) is 13.2 Å². The van der Waals surface area contributed by atoms with E-state index in [0.29, 0.717) is 16.6 Å². The molecule has 0 aromatic heterocycles. The molecule has 0 saturated carbocycles. The van der Waals surface area contributed by atoms with Gasteiger partial charge in [0.15, 0.2) is 0 Å². The van der Waals surface area contributed by atoms with Gasteiger partial charge in [0, 0.05) is 37.2 Å². The first-order valence-electron chi connectivity index (χ1n) is 6.70. The maximum Gasteiger partial charge on any atom is 0.416 e. The highest BCUT2D eigenvalue weighted by Crippen LogP contribution is 2.34. The zero-order chi connectivity index (χ0) is 14.8. The molecule has 0 spiro atoms. The average Bonchev–Trinajstić information content (AvgIpc) is 2.40. The van der Waals surface area contributed by atoms with Crippen LogP contribution in [0.25, 0.3) is 0 Å². The van der Waals surface area contributed by atoms with Crippen molar-refractivity contribution in [3.63, 3.8) is 0 Å². The predicted molar refractivity (Wildman–Crippen MR) is 76.5 cm³/mol. The van der Waals surface area contributed by atoms with Crippen LogP contribution < -0.4 is 0 Å². The van der Waals surface area contributed by atoms with Gasteiger partial charge in [0.25, 0.3) is 0 Å². The highest BCUT2D eigenvalue weighted by atomic mass is 79.9. The fourth-order valence-electron chi connectivity index (χ4n) is 2.45. The molecule has 0 amide bonds. The molecule has 0 radical (unpaired) electrons. The van der Waals surface area contributed by atoms with Crippen molar-refractivity contribution in [3.8, 4) is 0 Å². The van der Waals surface area contributed by atoms with Crippen molar-refractivity contribution in [1.29, 1.82) is 0 Å². The number of halogens is 4. The van der Waals surface area contributed by atoms with Crippen LogP contribution >= 0.6 is 15.9 Å². The summed E-state index contributed by atoms with van der Waals surface area (Å²) in [7, 11) is 0. The summed E-state index contributed by atoms with van der Waals surface area (Å²) in [6.07, 6.45) is -4.30. The van der Waals surface area contributed by atoms with Crippen molar-refractivity contribution in [2.24, 2.45) is 0 Å². The first kappa shape index (κ1) is 15.8. The standard InChI is InChI=1S/C14H18BrF3N2/c1-2-19-5-7-20(8-6-19)10-11-3-4-12(15)9-13(11)14(16,17)18/h3-4,9H,2,5-8,10H2,1H3. The maximum absolute atomic E-state index is 13.1. The van der Waals surface area contributed by atoms with Gasteiger partial charge in [-0.3, -0.25) is 4.90 Å². The van der Waals surface area contributed by atoms with E-state index in [9.17, 15) is 13.2 Å². The highest BCUT2D eigenvalue weighted by molar-refractivity contribution is 9.10. The minimum Gasteiger partial charge on any atom is -0.301 e. The lowest BCUT2D eigenvalue weighted by atomic mass is 10.1. The molecular formula is C14H18BrF3N2. The Hall–Kier alpha value is -0.590. The van der Waals surface area contributed by atoms with Gasteiger partial charge in [-0.05, 0) is 24.2 Å². The summed E-state index contributed by atoms with van der Waals surface area (Å²) in [5.74, 6) is 0.